The number of hydrogen-bond donors (Lipinski definition) is 2. The number of halogens is 1. The van der Waals surface area contributed by atoms with E-state index in [1.54, 1.807) is 29.5 Å². The predicted octanol–water partition coefficient (Wildman–Crippen LogP) is 3.60. The van der Waals surface area contributed by atoms with Crippen LogP contribution in [0.3, 0.4) is 0 Å². The van der Waals surface area contributed by atoms with E-state index in [1.165, 1.54) is 0 Å². The van der Waals surface area contributed by atoms with Crippen molar-refractivity contribution in [1.29, 1.82) is 0 Å². The van der Waals surface area contributed by atoms with Crippen LogP contribution in [0.2, 0.25) is 0 Å². The smallest absolute Gasteiger partial charge is 0.253 e. The van der Waals surface area contributed by atoms with Crippen LogP contribution in [0, 0.1) is 13.8 Å². The van der Waals surface area contributed by atoms with Gasteiger partial charge in [0.15, 0.2) is 0 Å². The van der Waals surface area contributed by atoms with Crippen molar-refractivity contribution in [1.82, 2.24) is 10.3 Å². The van der Waals surface area contributed by atoms with Gasteiger partial charge in [-0.05, 0) is 54.9 Å². The van der Waals surface area contributed by atoms with Gasteiger partial charge in [-0.15, -0.1) is 11.3 Å². The van der Waals surface area contributed by atoms with Crippen LogP contribution in [0.4, 0.5) is 5.69 Å². The average Bonchev–Trinajstić information content (AvgIpc) is 2.71. The van der Waals surface area contributed by atoms with Gasteiger partial charge in [-0.3, -0.25) is 4.79 Å². The Hall–Kier alpha value is -1.40. The highest BCUT2D eigenvalue weighted by Gasteiger charge is 2.17. The van der Waals surface area contributed by atoms with Crippen LogP contribution in [0.5, 0.6) is 0 Å². The normalized spacial score (nSPS) is 12.2. The van der Waals surface area contributed by atoms with Crippen LogP contribution in [-0.2, 0) is 0 Å². The molecule has 20 heavy (non-hydrogen) atoms. The maximum absolute atomic E-state index is 12.3. The first kappa shape index (κ1) is 15.0. The number of nitrogens with zero attached hydrogens (tertiary/aromatic N) is 1. The highest BCUT2D eigenvalue weighted by molar-refractivity contribution is 9.10. The number of carbonyl (C=O) groups excluding carboxylic acids is 1. The molecule has 1 unspecified atom stereocenters. The zero-order valence-corrected chi connectivity index (χ0v) is 13.9. The molecule has 0 radical (unpaired) electrons. The van der Waals surface area contributed by atoms with Crippen molar-refractivity contribution in [3.8, 4) is 0 Å². The molecule has 0 saturated carbocycles. The molecule has 0 saturated heterocycles. The summed E-state index contributed by atoms with van der Waals surface area (Å²) >= 11 is 4.97. The molecule has 6 heteroatoms. The maximum Gasteiger partial charge on any atom is 0.253 e. The van der Waals surface area contributed by atoms with E-state index in [-0.39, 0.29) is 11.9 Å². The van der Waals surface area contributed by atoms with Crippen LogP contribution in [0.1, 0.15) is 38.9 Å². The van der Waals surface area contributed by atoms with E-state index in [9.17, 15) is 4.79 Å². The summed E-state index contributed by atoms with van der Waals surface area (Å²) in [7, 11) is 0. The van der Waals surface area contributed by atoms with E-state index in [2.05, 4.69) is 26.2 Å². The molecule has 0 spiro atoms. The molecule has 0 aliphatic heterocycles. The molecule has 0 bridgehead atoms. The van der Waals surface area contributed by atoms with Gasteiger partial charge in [0.25, 0.3) is 5.91 Å². The Bertz CT molecular complexity index is 654. The summed E-state index contributed by atoms with van der Waals surface area (Å²) in [6, 6.07) is 5.11. The standard InChI is InChI=1S/C14H16BrN3OS/c1-7-13(20-9(3)17-7)8(2)18-14(19)11-6-10(16)4-5-12(11)15/h4-6,8H,16H2,1-3H3,(H,18,19). The SMILES string of the molecule is Cc1nc(C)c(C(C)NC(=O)c2cc(N)ccc2Br)s1. The lowest BCUT2D eigenvalue weighted by molar-refractivity contribution is 0.0939. The Balaban J connectivity index is 2.19. The summed E-state index contributed by atoms with van der Waals surface area (Å²) in [5.41, 5.74) is 7.79. The summed E-state index contributed by atoms with van der Waals surface area (Å²) in [5, 5.41) is 3.98. The van der Waals surface area contributed by atoms with E-state index in [0.29, 0.717) is 11.3 Å². The molecule has 0 aliphatic rings. The van der Waals surface area contributed by atoms with E-state index in [4.69, 9.17) is 5.73 Å². The maximum atomic E-state index is 12.3. The minimum atomic E-state index is -0.151. The average molecular weight is 354 g/mol. The highest BCUT2D eigenvalue weighted by atomic mass is 79.9. The first-order valence-corrected chi connectivity index (χ1v) is 7.79. The highest BCUT2D eigenvalue weighted by Crippen LogP contribution is 2.26. The first-order chi connectivity index (χ1) is 9.38. The Labute approximate surface area is 130 Å². The summed E-state index contributed by atoms with van der Waals surface area (Å²) in [6.07, 6.45) is 0. The molecule has 1 amide bonds. The number of nitrogen functional groups attached to an aromatic ring is 1. The van der Waals surface area contributed by atoms with Crippen molar-refractivity contribution in [2.45, 2.75) is 26.8 Å². The van der Waals surface area contributed by atoms with Crippen LogP contribution >= 0.6 is 27.3 Å². The Kier molecular flexibility index (Phi) is 4.45. The van der Waals surface area contributed by atoms with Crippen molar-refractivity contribution in [2.24, 2.45) is 0 Å². The summed E-state index contributed by atoms with van der Waals surface area (Å²) < 4.78 is 0.730. The summed E-state index contributed by atoms with van der Waals surface area (Å²) in [4.78, 5) is 17.8. The minimum Gasteiger partial charge on any atom is -0.399 e. The number of nitrogens with one attached hydrogen (secondary N) is 1. The zero-order valence-electron chi connectivity index (χ0n) is 11.5. The number of carbonyl (C=O) groups is 1. The molecule has 0 aliphatic carbocycles. The van der Waals surface area contributed by atoms with Crippen LogP contribution in [0.25, 0.3) is 0 Å². The second-order valence-corrected chi connectivity index (χ2v) is 6.71. The quantitative estimate of drug-likeness (QED) is 0.828. The van der Waals surface area contributed by atoms with Gasteiger partial charge in [0.1, 0.15) is 0 Å². The number of nitrogens with two attached hydrogens (primary N) is 1. The molecule has 4 nitrogen and oxygen atoms in total. The van der Waals surface area contributed by atoms with Crippen LogP contribution < -0.4 is 11.1 Å². The topological polar surface area (TPSA) is 68.0 Å². The van der Waals surface area contributed by atoms with Crippen LogP contribution in [-0.4, -0.2) is 10.9 Å². The fourth-order valence-corrected chi connectivity index (χ4v) is 3.36. The predicted molar refractivity (Wildman–Crippen MR) is 86.0 cm³/mol. The third-order valence-corrected chi connectivity index (χ3v) is 4.86. The molecule has 106 valence electrons. The number of hydrogen-bond acceptors (Lipinski definition) is 4. The van der Waals surface area contributed by atoms with Crippen molar-refractivity contribution >= 4 is 38.9 Å². The first-order valence-electron chi connectivity index (χ1n) is 6.18. The van der Waals surface area contributed by atoms with Gasteiger partial charge in [0.05, 0.1) is 22.3 Å². The number of aromatic nitrogens is 1. The molecule has 1 aromatic carbocycles. The van der Waals surface area contributed by atoms with Crippen molar-refractivity contribution in [3.05, 3.63) is 43.8 Å². The van der Waals surface area contributed by atoms with Crippen molar-refractivity contribution in [2.75, 3.05) is 5.73 Å². The third-order valence-electron chi connectivity index (χ3n) is 2.92. The van der Waals surface area contributed by atoms with Crippen LogP contribution in [0.15, 0.2) is 22.7 Å². The molecule has 1 heterocycles. The van der Waals surface area contributed by atoms with E-state index >= 15 is 0 Å². The molecule has 3 N–H and O–H groups in total. The lowest BCUT2D eigenvalue weighted by Crippen LogP contribution is -2.27. The lowest BCUT2D eigenvalue weighted by Gasteiger charge is -2.14. The molecule has 2 rings (SSSR count). The van der Waals surface area contributed by atoms with E-state index in [0.717, 1.165) is 20.1 Å². The Morgan fingerprint density at radius 1 is 1.45 bits per heavy atom. The van der Waals surface area contributed by atoms with E-state index < -0.39 is 0 Å². The molecule has 0 fully saturated rings. The van der Waals surface area contributed by atoms with Gasteiger partial charge in [-0.1, -0.05) is 0 Å². The van der Waals surface area contributed by atoms with Crippen molar-refractivity contribution < 1.29 is 4.79 Å². The van der Waals surface area contributed by atoms with E-state index in [1.807, 2.05) is 20.8 Å². The number of thiazole rings is 1. The summed E-state index contributed by atoms with van der Waals surface area (Å²) in [6.45, 7) is 5.88. The fourth-order valence-electron chi connectivity index (χ4n) is 2.01. The van der Waals surface area contributed by atoms with Gasteiger partial charge in [0.2, 0.25) is 0 Å². The van der Waals surface area contributed by atoms with Gasteiger partial charge in [-0.2, -0.15) is 0 Å². The summed E-state index contributed by atoms with van der Waals surface area (Å²) in [5.74, 6) is -0.151. The fraction of sp³-hybridized carbons (Fsp3) is 0.286. The Morgan fingerprint density at radius 3 is 2.75 bits per heavy atom. The Morgan fingerprint density at radius 2 is 2.15 bits per heavy atom. The lowest BCUT2D eigenvalue weighted by atomic mass is 10.1. The number of benzene rings is 1. The third kappa shape index (κ3) is 3.19. The number of amides is 1. The largest absolute Gasteiger partial charge is 0.399 e. The number of anilines is 1. The molecular formula is C14H16BrN3OS. The molecule has 2 aromatic rings. The van der Waals surface area contributed by atoms with Gasteiger partial charge in [-0.25, -0.2) is 4.98 Å². The second kappa shape index (κ2) is 5.93. The van der Waals surface area contributed by atoms with Gasteiger partial charge in [0, 0.05) is 15.0 Å². The van der Waals surface area contributed by atoms with Gasteiger partial charge < -0.3 is 11.1 Å². The van der Waals surface area contributed by atoms with Crippen molar-refractivity contribution in [3.63, 3.8) is 0 Å². The minimum absolute atomic E-state index is 0.0815. The van der Waals surface area contributed by atoms with Gasteiger partial charge >= 0.3 is 0 Å². The number of aryl methyl sites for hydroxylation is 2. The molecular weight excluding hydrogens is 338 g/mol. The molecule has 1 aromatic heterocycles. The number of rotatable bonds is 3. The second-order valence-electron chi connectivity index (χ2n) is 4.62. The zero-order chi connectivity index (χ0) is 14.9. The monoisotopic (exact) mass is 353 g/mol. The molecule has 1 atom stereocenters.